The first-order chi connectivity index (χ1) is 9.67. The Kier molecular flexibility index (Phi) is 3.55. The van der Waals surface area contributed by atoms with Gasteiger partial charge in [-0.25, -0.2) is 0 Å². The fourth-order valence-electron chi connectivity index (χ4n) is 2.18. The van der Waals surface area contributed by atoms with E-state index in [4.69, 9.17) is 11.6 Å². The summed E-state index contributed by atoms with van der Waals surface area (Å²) in [6.45, 7) is 0. The Morgan fingerprint density at radius 2 is 1.90 bits per heavy atom. The van der Waals surface area contributed by atoms with Gasteiger partial charge in [-0.05, 0) is 42.2 Å². The van der Waals surface area contributed by atoms with E-state index in [9.17, 15) is 4.79 Å². The van der Waals surface area contributed by atoms with Gasteiger partial charge in [-0.3, -0.25) is 4.79 Å². The summed E-state index contributed by atoms with van der Waals surface area (Å²) in [7, 11) is 0. The van der Waals surface area contributed by atoms with Gasteiger partial charge < -0.3 is 5.32 Å². The number of carbonyl (C=O) groups excluding carboxylic acids is 1. The lowest BCUT2D eigenvalue weighted by atomic mass is 10.0. The summed E-state index contributed by atoms with van der Waals surface area (Å²) < 4.78 is 0. The Balaban J connectivity index is 2.01. The number of anilines is 1. The van der Waals surface area contributed by atoms with E-state index < -0.39 is 0 Å². The Bertz CT molecular complexity index is 707. The van der Waals surface area contributed by atoms with E-state index in [1.807, 2.05) is 42.7 Å². The minimum absolute atomic E-state index is 0.0868. The fourth-order valence-corrected chi connectivity index (χ4v) is 2.76. The van der Waals surface area contributed by atoms with Crippen molar-refractivity contribution >= 4 is 46.6 Å². The lowest BCUT2D eigenvalue weighted by molar-refractivity contribution is -0.110. The van der Waals surface area contributed by atoms with Crippen molar-refractivity contribution in [2.75, 3.05) is 11.6 Å². The van der Waals surface area contributed by atoms with Crippen LogP contribution in [0.15, 0.2) is 47.4 Å². The molecule has 100 valence electrons. The average molecular weight is 302 g/mol. The number of hydrogen-bond acceptors (Lipinski definition) is 2. The zero-order valence-electron chi connectivity index (χ0n) is 10.8. The molecule has 1 aliphatic rings. The number of rotatable bonds is 2. The van der Waals surface area contributed by atoms with Crippen LogP contribution in [0.25, 0.3) is 11.6 Å². The highest BCUT2D eigenvalue weighted by Gasteiger charge is 2.23. The van der Waals surface area contributed by atoms with Gasteiger partial charge in [0.25, 0.3) is 5.91 Å². The molecule has 0 bridgehead atoms. The highest BCUT2D eigenvalue weighted by atomic mass is 35.5. The van der Waals surface area contributed by atoms with Crippen LogP contribution in [-0.2, 0) is 4.79 Å². The molecule has 1 heterocycles. The monoisotopic (exact) mass is 301 g/mol. The highest BCUT2D eigenvalue weighted by Crippen LogP contribution is 2.34. The van der Waals surface area contributed by atoms with Gasteiger partial charge in [0.1, 0.15) is 0 Å². The molecule has 3 rings (SSSR count). The maximum atomic E-state index is 12.0. The van der Waals surface area contributed by atoms with Crippen LogP contribution in [0.2, 0.25) is 5.02 Å². The predicted molar refractivity (Wildman–Crippen MR) is 86.2 cm³/mol. The third-order valence-corrected chi connectivity index (χ3v) is 4.17. The molecule has 2 aromatic rings. The number of hydrogen-bond donors (Lipinski definition) is 1. The van der Waals surface area contributed by atoms with Crippen molar-refractivity contribution in [3.05, 3.63) is 58.6 Å². The van der Waals surface area contributed by atoms with Crippen LogP contribution in [0.4, 0.5) is 5.69 Å². The number of nitrogens with one attached hydrogen (secondary N) is 1. The van der Waals surface area contributed by atoms with Crippen LogP contribution in [0.1, 0.15) is 11.1 Å². The molecule has 1 N–H and O–H groups in total. The number of amides is 1. The first kappa shape index (κ1) is 13.3. The second-order valence-electron chi connectivity index (χ2n) is 4.48. The Morgan fingerprint density at radius 1 is 1.15 bits per heavy atom. The molecule has 0 radical (unpaired) electrons. The second kappa shape index (κ2) is 5.35. The minimum atomic E-state index is -0.0868. The maximum Gasteiger partial charge on any atom is 0.256 e. The van der Waals surface area contributed by atoms with Crippen molar-refractivity contribution in [3.8, 4) is 0 Å². The van der Waals surface area contributed by atoms with E-state index in [2.05, 4.69) is 5.32 Å². The zero-order chi connectivity index (χ0) is 14.1. The van der Waals surface area contributed by atoms with Gasteiger partial charge in [0.15, 0.2) is 0 Å². The predicted octanol–water partition coefficient (Wildman–Crippen LogP) is 4.55. The molecule has 2 nitrogen and oxygen atoms in total. The molecular weight excluding hydrogens is 290 g/mol. The Morgan fingerprint density at radius 3 is 2.60 bits per heavy atom. The molecule has 4 heteroatoms. The summed E-state index contributed by atoms with van der Waals surface area (Å²) in [5, 5.41) is 3.46. The molecule has 0 spiro atoms. The van der Waals surface area contributed by atoms with Crippen molar-refractivity contribution in [1.82, 2.24) is 0 Å². The number of benzene rings is 2. The van der Waals surface area contributed by atoms with Gasteiger partial charge in [-0.1, -0.05) is 29.8 Å². The summed E-state index contributed by atoms with van der Waals surface area (Å²) in [5.74, 6) is -0.0868. The highest BCUT2D eigenvalue weighted by molar-refractivity contribution is 7.98. The van der Waals surface area contributed by atoms with Crippen molar-refractivity contribution < 1.29 is 4.79 Å². The van der Waals surface area contributed by atoms with E-state index in [0.29, 0.717) is 10.6 Å². The van der Waals surface area contributed by atoms with E-state index in [1.54, 1.807) is 23.9 Å². The van der Waals surface area contributed by atoms with Crippen LogP contribution >= 0.6 is 23.4 Å². The lowest BCUT2D eigenvalue weighted by Gasteiger charge is -2.00. The van der Waals surface area contributed by atoms with E-state index >= 15 is 0 Å². The van der Waals surface area contributed by atoms with Gasteiger partial charge in [0.05, 0.1) is 5.69 Å². The lowest BCUT2D eigenvalue weighted by Crippen LogP contribution is -2.03. The molecule has 2 aromatic carbocycles. The fraction of sp³-hybridized carbons (Fsp3) is 0.0625. The van der Waals surface area contributed by atoms with Crippen LogP contribution in [0.5, 0.6) is 0 Å². The summed E-state index contributed by atoms with van der Waals surface area (Å²) in [4.78, 5) is 13.2. The Hall–Kier alpha value is -1.71. The van der Waals surface area contributed by atoms with Crippen LogP contribution in [0, 0.1) is 0 Å². The summed E-state index contributed by atoms with van der Waals surface area (Å²) in [6, 6.07) is 13.6. The molecule has 0 atom stereocenters. The van der Waals surface area contributed by atoms with Crippen molar-refractivity contribution in [2.24, 2.45) is 0 Å². The van der Waals surface area contributed by atoms with Crippen molar-refractivity contribution in [1.29, 1.82) is 0 Å². The summed E-state index contributed by atoms with van der Waals surface area (Å²) in [6.07, 6.45) is 3.94. The quantitative estimate of drug-likeness (QED) is 0.651. The largest absolute Gasteiger partial charge is 0.321 e. The van der Waals surface area contributed by atoms with Crippen molar-refractivity contribution in [3.63, 3.8) is 0 Å². The molecular formula is C16H12ClNOS. The van der Waals surface area contributed by atoms with Gasteiger partial charge in [-0.15, -0.1) is 11.8 Å². The molecule has 20 heavy (non-hydrogen) atoms. The topological polar surface area (TPSA) is 29.1 Å². The number of thioether (sulfide) groups is 1. The molecule has 0 aliphatic carbocycles. The number of fused-ring (bicyclic) bond motifs is 1. The molecule has 0 fully saturated rings. The van der Waals surface area contributed by atoms with Gasteiger partial charge >= 0.3 is 0 Å². The number of carbonyl (C=O) groups is 1. The smallest absolute Gasteiger partial charge is 0.256 e. The molecule has 0 unspecified atom stereocenters. The third-order valence-electron chi connectivity index (χ3n) is 3.19. The maximum absolute atomic E-state index is 12.0. The van der Waals surface area contributed by atoms with Crippen LogP contribution in [0.3, 0.4) is 0 Å². The standard InChI is InChI=1S/C16H12ClNOS/c1-20-12-5-2-10(3-6-12)8-14-13-7-4-11(17)9-15(13)18-16(14)19/h2-9H,1H3,(H,18,19). The van der Waals surface area contributed by atoms with Gasteiger partial charge in [0, 0.05) is 21.1 Å². The summed E-state index contributed by atoms with van der Waals surface area (Å²) in [5.41, 5.74) is 3.35. The average Bonchev–Trinajstić information content (AvgIpc) is 2.75. The van der Waals surface area contributed by atoms with E-state index in [0.717, 1.165) is 16.8 Å². The first-order valence-electron chi connectivity index (χ1n) is 6.14. The van der Waals surface area contributed by atoms with Crippen LogP contribution in [-0.4, -0.2) is 12.2 Å². The van der Waals surface area contributed by atoms with Gasteiger partial charge in [0.2, 0.25) is 0 Å². The Labute approximate surface area is 126 Å². The summed E-state index contributed by atoms with van der Waals surface area (Å²) >= 11 is 7.64. The SMILES string of the molecule is CSc1ccc(C=C2C(=O)Nc3cc(Cl)ccc32)cc1. The molecule has 1 amide bonds. The minimum Gasteiger partial charge on any atom is -0.321 e. The van der Waals surface area contributed by atoms with Crippen LogP contribution < -0.4 is 5.32 Å². The second-order valence-corrected chi connectivity index (χ2v) is 5.79. The van der Waals surface area contributed by atoms with Crippen molar-refractivity contribution in [2.45, 2.75) is 4.90 Å². The molecule has 0 saturated carbocycles. The third kappa shape index (κ3) is 2.47. The normalized spacial score (nSPS) is 15.3. The zero-order valence-corrected chi connectivity index (χ0v) is 12.4. The number of halogens is 1. The molecule has 1 aliphatic heterocycles. The van der Waals surface area contributed by atoms with Gasteiger partial charge in [-0.2, -0.15) is 0 Å². The van der Waals surface area contributed by atoms with E-state index in [-0.39, 0.29) is 5.91 Å². The molecule has 0 saturated heterocycles. The first-order valence-corrected chi connectivity index (χ1v) is 7.74. The van der Waals surface area contributed by atoms with E-state index in [1.165, 1.54) is 4.90 Å². The molecule has 0 aromatic heterocycles.